The molecule has 0 spiro atoms. The van der Waals surface area contributed by atoms with Gasteiger partial charge in [-0.05, 0) is 5.92 Å². The second kappa shape index (κ2) is 19.0. The molecule has 0 aromatic rings. The Morgan fingerprint density at radius 1 is 0.621 bits per heavy atom. The van der Waals surface area contributed by atoms with Crippen molar-refractivity contribution in [3.63, 3.8) is 0 Å². The first-order valence-corrected chi connectivity index (χ1v) is 9.54. The van der Waals surface area contributed by atoms with Crippen molar-refractivity contribution in [2.45, 2.75) is 20.0 Å². The molecule has 0 fully saturated rings. The lowest BCUT2D eigenvalue weighted by atomic mass is 10.2. The maximum Gasteiger partial charge on any atom is 0.490 e. The summed E-state index contributed by atoms with van der Waals surface area (Å²) in [6.07, 6.45) is -4.98. The van der Waals surface area contributed by atoms with Crippen LogP contribution in [0.15, 0.2) is 0 Å². The van der Waals surface area contributed by atoms with Gasteiger partial charge in [0.2, 0.25) is 0 Å². The van der Waals surface area contributed by atoms with Crippen molar-refractivity contribution < 1.29 is 51.1 Å². The van der Waals surface area contributed by atoms with Crippen molar-refractivity contribution in [2.24, 2.45) is 5.92 Å². The molecule has 0 aliphatic heterocycles. The van der Waals surface area contributed by atoms with Crippen LogP contribution >= 0.6 is 0 Å². The smallest absolute Gasteiger partial charge is 0.457 e. The number of ether oxygens (including phenoxy) is 7. The van der Waals surface area contributed by atoms with Crippen molar-refractivity contribution in [1.29, 1.82) is 0 Å². The van der Waals surface area contributed by atoms with Crippen LogP contribution in [0.25, 0.3) is 0 Å². The average molecular weight is 434 g/mol. The van der Waals surface area contributed by atoms with E-state index in [0.717, 1.165) is 6.61 Å². The van der Waals surface area contributed by atoms with Gasteiger partial charge in [0.1, 0.15) is 6.61 Å². The zero-order valence-electron chi connectivity index (χ0n) is 17.2. The van der Waals surface area contributed by atoms with Gasteiger partial charge in [0.25, 0.3) is 0 Å². The van der Waals surface area contributed by atoms with Gasteiger partial charge in [0.05, 0.1) is 72.7 Å². The molecular formula is C18H33F3O8. The van der Waals surface area contributed by atoms with Crippen LogP contribution < -0.4 is 0 Å². The number of hydrogen-bond donors (Lipinski definition) is 0. The van der Waals surface area contributed by atoms with E-state index in [-0.39, 0.29) is 19.8 Å². The zero-order chi connectivity index (χ0) is 21.8. The average Bonchev–Trinajstić information content (AvgIpc) is 2.65. The number of alkyl halides is 3. The normalized spacial score (nSPS) is 11.9. The summed E-state index contributed by atoms with van der Waals surface area (Å²) in [5.74, 6) is -1.71. The largest absolute Gasteiger partial charge is 0.490 e. The fraction of sp³-hybridized carbons (Fsp3) is 0.944. The molecule has 174 valence electrons. The maximum absolute atomic E-state index is 11.8. The van der Waals surface area contributed by atoms with Gasteiger partial charge >= 0.3 is 12.1 Å². The minimum atomic E-state index is -4.98. The molecule has 0 saturated heterocycles. The molecule has 0 rings (SSSR count). The third-order valence-electron chi connectivity index (χ3n) is 3.00. The lowest BCUT2D eigenvalue weighted by molar-refractivity contribution is -0.200. The maximum atomic E-state index is 11.8. The molecule has 0 aromatic carbocycles. The summed E-state index contributed by atoms with van der Waals surface area (Å²) >= 11 is 0. The van der Waals surface area contributed by atoms with E-state index in [4.69, 9.17) is 28.4 Å². The molecule has 0 saturated carbocycles. The Bertz CT molecular complexity index is 381. The molecule has 0 heterocycles. The van der Waals surface area contributed by atoms with Crippen LogP contribution in [-0.2, 0) is 38.0 Å². The number of hydrogen-bond acceptors (Lipinski definition) is 8. The minimum Gasteiger partial charge on any atom is -0.457 e. The predicted molar refractivity (Wildman–Crippen MR) is 96.8 cm³/mol. The highest BCUT2D eigenvalue weighted by Crippen LogP contribution is 2.16. The highest BCUT2D eigenvalue weighted by atomic mass is 19.4. The molecule has 0 N–H and O–H groups in total. The van der Waals surface area contributed by atoms with Gasteiger partial charge in [-0.3, -0.25) is 0 Å². The number of esters is 1. The Balaban J connectivity index is 3.11. The summed E-state index contributed by atoms with van der Waals surface area (Å²) in [5, 5.41) is 0. The van der Waals surface area contributed by atoms with Crippen LogP contribution in [-0.4, -0.2) is 98.0 Å². The van der Waals surface area contributed by atoms with Gasteiger partial charge in [0, 0.05) is 6.61 Å². The summed E-state index contributed by atoms with van der Waals surface area (Å²) in [5.41, 5.74) is 0. The first-order chi connectivity index (χ1) is 13.8. The fourth-order valence-corrected chi connectivity index (χ4v) is 1.69. The number of halogens is 3. The van der Waals surface area contributed by atoms with E-state index in [1.165, 1.54) is 0 Å². The molecule has 0 unspecified atom stereocenters. The number of carbonyl (C=O) groups is 1. The van der Waals surface area contributed by atoms with Crippen LogP contribution in [0.1, 0.15) is 13.8 Å². The molecule has 0 bridgehead atoms. The van der Waals surface area contributed by atoms with E-state index in [1.54, 1.807) is 0 Å². The second-order valence-electron chi connectivity index (χ2n) is 6.16. The monoisotopic (exact) mass is 434 g/mol. The van der Waals surface area contributed by atoms with Gasteiger partial charge in [-0.15, -0.1) is 0 Å². The van der Waals surface area contributed by atoms with Gasteiger partial charge in [-0.25, -0.2) is 4.79 Å². The molecule has 0 aliphatic rings. The van der Waals surface area contributed by atoms with Gasteiger partial charge in [-0.1, -0.05) is 13.8 Å². The lowest BCUT2D eigenvalue weighted by Crippen LogP contribution is -2.26. The molecule has 0 radical (unpaired) electrons. The Morgan fingerprint density at radius 2 is 0.931 bits per heavy atom. The Hall–Kier alpha value is -0.980. The third-order valence-corrected chi connectivity index (χ3v) is 3.00. The highest BCUT2D eigenvalue weighted by molar-refractivity contribution is 5.75. The van der Waals surface area contributed by atoms with Crippen LogP contribution in [0.2, 0.25) is 0 Å². The van der Waals surface area contributed by atoms with Crippen LogP contribution in [0.3, 0.4) is 0 Å². The Labute approximate surface area is 169 Å². The van der Waals surface area contributed by atoms with Crippen LogP contribution in [0.5, 0.6) is 0 Å². The number of carbonyl (C=O) groups excluding carboxylic acids is 1. The van der Waals surface area contributed by atoms with Crippen LogP contribution in [0.4, 0.5) is 13.2 Å². The van der Waals surface area contributed by atoms with Gasteiger partial charge in [-0.2, -0.15) is 13.2 Å². The highest BCUT2D eigenvalue weighted by Gasteiger charge is 2.40. The molecule has 0 atom stereocenters. The summed E-state index contributed by atoms with van der Waals surface area (Å²) in [7, 11) is 0. The SMILES string of the molecule is CC(C)COCCOCCOCCOCCOCCOCCOC(=O)C(F)(F)F. The standard InChI is InChI=1S/C18H33F3O8/c1-16(2)15-28-12-11-26-8-7-24-4-3-23-5-6-25-9-10-27-13-14-29-17(22)18(19,20)21/h16H,3-15H2,1-2H3. The first kappa shape index (κ1) is 28.0. The van der Waals surface area contributed by atoms with E-state index in [2.05, 4.69) is 18.6 Å². The second-order valence-corrected chi connectivity index (χ2v) is 6.16. The van der Waals surface area contributed by atoms with E-state index in [1.807, 2.05) is 0 Å². The van der Waals surface area contributed by atoms with Crippen molar-refractivity contribution >= 4 is 5.97 Å². The van der Waals surface area contributed by atoms with Crippen molar-refractivity contribution in [3.05, 3.63) is 0 Å². The third kappa shape index (κ3) is 21.5. The summed E-state index contributed by atoms with van der Waals surface area (Å²) < 4.78 is 71.0. The van der Waals surface area contributed by atoms with Gasteiger partial charge < -0.3 is 33.2 Å². The Kier molecular flexibility index (Phi) is 18.4. The molecular weight excluding hydrogens is 401 g/mol. The van der Waals surface area contributed by atoms with E-state index >= 15 is 0 Å². The van der Waals surface area contributed by atoms with Crippen molar-refractivity contribution in [2.75, 3.05) is 85.9 Å². The van der Waals surface area contributed by atoms with Crippen molar-refractivity contribution in [1.82, 2.24) is 0 Å². The summed E-state index contributed by atoms with van der Waals surface area (Å²) in [4.78, 5) is 10.4. The molecule has 11 heteroatoms. The molecule has 8 nitrogen and oxygen atoms in total. The fourth-order valence-electron chi connectivity index (χ4n) is 1.69. The van der Waals surface area contributed by atoms with Crippen molar-refractivity contribution in [3.8, 4) is 0 Å². The van der Waals surface area contributed by atoms with E-state index in [0.29, 0.717) is 58.8 Å². The summed E-state index contributed by atoms with van der Waals surface area (Å²) in [6.45, 7) is 8.50. The van der Waals surface area contributed by atoms with Gasteiger partial charge in [0.15, 0.2) is 0 Å². The topological polar surface area (TPSA) is 81.7 Å². The Morgan fingerprint density at radius 3 is 1.24 bits per heavy atom. The van der Waals surface area contributed by atoms with E-state index in [9.17, 15) is 18.0 Å². The molecule has 0 aliphatic carbocycles. The minimum absolute atomic E-state index is 0.131. The van der Waals surface area contributed by atoms with Crippen LogP contribution in [0, 0.1) is 5.92 Å². The molecule has 0 amide bonds. The first-order valence-electron chi connectivity index (χ1n) is 9.54. The zero-order valence-corrected chi connectivity index (χ0v) is 17.2. The number of rotatable bonds is 20. The summed E-state index contributed by atoms with van der Waals surface area (Å²) in [6, 6.07) is 0. The molecule has 29 heavy (non-hydrogen) atoms. The molecule has 0 aromatic heterocycles. The van der Waals surface area contributed by atoms with E-state index < -0.39 is 18.8 Å². The predicted octanol–water partition coefficient (Wildman–Crippen LogP) is 1.85. The lowest BCUT2D eigenvalue weighted by Gasteiger charge is -2.09. The quantitative estimate of drug-likeness (QED) is 0.212.